The van der Waals surface area contributed by atoms with Crippen LogP contribution in [0.2, 0.25) is 5.02 Å². The number of nitrogen functional groups attached to an aromatic ring is 3. The van der Waals surface area contributed by atoms with Crippen LogP contribution in [0, 0.1) is 42.8 Å². The largest absolute Gasteiger partial charge is 0.383 e. The molecule has 6 aromatic heterocycles. The molecule has 570 valence electrons. The maximum Gasteiger partial charge on any atom is 0.246 e. The Morgan fingerprint density at radius 3 is 1.32 bits per heavy atom. The van der Waals surface area contributed by atoms with E-state index in [1.807, 2.05) is 106 Å². The van der Waals surface area contributed by atoms with Gasteiger partial charge in [-0.1, -0.05) is 110 Å². The van der Waals surface area contributed by atoms with E-state index < -0.39 is 17.4 Å². The van der Waals surface area contributed by atoms with Crippen LogP contribution in [0.5, 0.6) is 0 Å². The van der Waals surface area contributed by atoms with Gasteiger partial charge in [-0.25, -0.2) is 57.1 Å². The number of rotatable bonds is 20. The monoisotopic (exact) mass is 1530 g/mol. The van der Waals surface area contributed by atoms with Gasteiger partial charge in [-0.05, 0) is 154 Å². The zero-order valence-electron chi connectivity index (χ0n) is 61.8. The van der Waals surface area contributed by atoms with Gasteiger partial charge in [0.1, 0.15) is 71.0 Å². The predicted molar refractivity (Wildman–Crippen MR) is 423 cm³/mol. The molecule has 0 radical (unpaired) electrons. The highest BCUT2D eigenvalue weighted by molar-refractivity contribution is 6.34. The molecule has 3 unspecified atom stereocenters. The van der Waals surface area contributed by atoms with Crippen molar-refractivity contribution >= 4 is 91.3 Å². The van der Waals surface area contributed by atoms with Crippen LogP contribution in [0.15, 0.2) is 172 Å². The van der Waals surface area contributed by atoms with Gasteiger partial charge in [-0.2, -0.15) is 20.6 Å². The number of likely N-dealkylation sites (tertiary alicyclic amines) is 3. The predicted octanol–water partition coefficient (Wildman–Crippen LogP) is 14.2. The minimum absolute atomic E-state index is 0.0160. The summed E-state index contributed by atoms with van der Waals surface area (Å²) in [6.45, 7) is 14.6. The van der Waals surface area contributed by atoms with Crippen LogP contribution < -0.4 is 17.2 Å². The fourth-order valence-corrected chi connectivity index (χ4v) is 15.2. The molecule has 2 amide bonds. The summed E-state index contributed by atoms with van der Waals surface area (Å²) in [4.78, 5) is 93.6. The third kappa shape index (κ3) is 17.0. The number of nitrogens with two attached hydrogens (primary N) is 3. The number of anilines is 3. The van der Waals surface area contributed by atoms with E-state index in [1.165, 1.54) is 43.3 Å². The summed E-state index contributed by atoms with van der Waals surface area (Å²) < 4.78 is 46.3. The van der Waals surface area contributed by atoms with Crippen LogP contribution in [0.3, 0.4) is 0 Å². The van der Waals surface area contributed by atoms with Gasteiger partial charge in [0.25, 0.3) is 0 Å². The number of aromatic nitrogens is 12. The molecule has 3 aliphatic rings. The minimum Gasteiger partial charge on any atom is -0.383 e. The van der Waals surface area contributed by atoms with Crippen LogP contribution >= 0.6 is 11.6 Å². The highest BCUT2D eigenvalue weighted by Gasteiger charge is 2.32. The number of hydrogen-bond donors (Lipinski definition) is 3. The Morgan fingerprint density at radius 2 is 0.902 bits per heavy atom. The lowest BCUT2D eigenvalue weighted by Crippen LogP contribution is -2.40. The second-order valence-electron chi connectivity index (χ2n) is 28.0. The number of carbonyl (C=O) groups excluding carboxylic acids is 5. The second-order valence-corrected chi connectivity index (χ2v) is 28.4. The van der Waals surface area contributed by atoms with Crippen LogP contribution in [0.4, 0.5) is 30.6 Å². The maximum absolute atomic E-state index is 13.9. The highest BCUT2D eigenvalue weighted by Crippen LogP contribution is 2.39. The fourth-order valence-electron chi connectivity index (χ4n) is 14.9. The van der Waals surface area contributed by atoms with Gasteiger partial charge in [0.15, 0.2) is 40.5 Å². The first-order valence-electron chi connectivity index (χ1n) is 36.9. The third-order valence-corrected chi connectivity index (χ3v) is 21.0. The molecular weight excluding hydrogens is 1450 g/mol. The van der Waals surface area contributed by atoms with E-state index in [2.05, 4.69) is 49.3 Å². The van der Waals surface area contributed by atoms with Crippen molar-refractivity contribution in [1.29, 1.82) is 5.26 Å². The lowest BCUT2D eigenvalue weighted by Gasteiger charge is -2.32. The number of amides is 2. The first-order valence-corrected chi connectivity index (χ1v) is 37.3. The van der Waals surface area contributed by atoms with Gasteiger partial charge in [-0.15, -0.1) is 0 Å². The Bertz CT molecular complexity index is 5610. The van der Waals surface area contributed by atoms with Crippen LogP contribution in [0.1, 0.15) is 135 Å². The molecule has 12 aromatic rings. The topological polar surface area (TPSA) is 328 Å². The number of carbonyl (C=O) groups is 5. The Hall–Kier alpha value is -12.8. The van der Waals surface area contributed by atoms with Gasteiger partial charge in [0.2, 0.25) is 11.8 Å². The van der Waals surface area contributed by atoms with E-state index in [9.17, 15) is 42.4 Å². The summed E-state index contributed by atoms with van der Waals surface area (Å²) in [5.41, 5.74) is 30.6. The number of halogens is 4. The van der Waals surface area contributed by atoms with Gasteiger partial charge in [0.05, 0.1) is 51.4 Å². The normalized spacial score (nSPS) is 15.6. The molecule has 9 heterocycles. The second kappa shape index (κ2) is 34.4. The minimum atomic E-state index is -0.727. The van der Waals surface area contributed by atoms with E-state index >= 15 is 0 Å². The summed E-state index contributed by atoms with van der Waals surface area (Å²) in [7, 11) is 0. The Balaban J connectivity index is 0.000000147. The number of Topliss-reactive ketones (excluding diaryl/α,β-unsaturated/α-hetero) is 3. The van der Waals surface area contributed by atoms with Crippen molar-refractivity contribution in [1.82, 2.24) is 73.9 Å². The number of nitrogens with zero attached hydrogens (tertiary/aromatic N) is 16. The molecule has 0 aliphatic carbocycles. The molecule has 28 heteroatoms. The standard InChI is InChI=1S/C29H29ClN6O2.C29H29FN6O2.C26H23F2N7O/c1-3-24(38)35-15-5-7-21(16-35)36-29-26(28(31)32-17-33-29)27(34-36)20-12-9-19(10-13-20)11-14-23(37)25-18(2)6-4-8-22(25)30;1-3-25(38)35-14-4-5-22(16-35)36-29-26(28(31)32-17-33-29)27(34-36)20-9-6-19(7-10-20)8-13-24(37)23-12-11-21(30)15-18(23)2;27-18-8-9-21(28)20(12-18)22(36)10-5-16-3-6-17(7-4-16)24-23-25(30)31-15-32-26(23)35(33-24)19-2-1-11-34(13-19)14-29/h3-4,6,8-10,12-13,17,21H,1,5,7,11,14-16H2,2H3,(H2,31,32,33);3,6-7,9-12,15,17,22H,1,4-5,8,13-14,16H2,2H3,(H2,31,32,33);3-4,6-9,12,15,19H,1-2,5,10-11,13H2,(H2,30,31,32). The molecule has 112 heavy (non-hydrogen) atoms. The summed E-state index contributed by atoms with van der Waals surface area (Å²) in [5.74, 6) is -1.31. The molecule has 0 saturated carbocycles. The molecule has 0 bridgehead atoms. The molecule has 24 nitrogen and oxygen atoms in total. The van der Waals surface area contributed by atoms with Crippen molar-refractivity contribution < 1.29 is 37.1 Å². The number of aryl methyl sites for hydroxylation is 5. The summed E-state index contributed by atoms with van der Waals surface area (Å²) >= 11 is 6.27. The first kappa shape index (κ1) is 77.3. The van der Waals surface area contributed by atoms with Gasteiger partial charge in [0, 0.05) is 79.8 Å². The molecular formula is C84H81ClF3N19O5. The van der Waals surface area contributed by atoms with Crippen LogP contribution in [0.25, 0.3) is 66.9 Å². The Kier molecular flexibility index (Phi) is 23.7. The first-order chi connectivity index (χ1) is 54.2. The van der Waals surface area contributed by atoms with E-state index in [0.717, 1.165) is 102 Å². The lowest BCUT2D eigenvalue weighted by atomic mass is 9.98. The SMILES string of the molecule is C=CC(=O)N1CCCC(n2nc(-c3ccc(CCC(=O)c4c(C)cccc4Cl)cc3)c3c(N)ncnc32)C1.C=CC(=O)N1CCCC(n2nc(-c3ccc(CCC(=O)c4ccc(F)cc4C)cc3)c3c(N)ncnc32)C1.N#CN1CCCC(n2nc(-c3ccc(CCC(=O)c4cc(F)ccc4F)cc3)c3c(N)ncnc32)C1. The molecule has 15 rings (SSSR count). The number of nitriles is 1. The maximum atomic E-state index is 13.9. The zero-order chi connectivity index (χ0) is 78.9. The lowest BCUT2D eigenvalue weighted by molar-refractivity contribution is -0.128. The molecule has 3 atom stereocenters. The van der Waals surface area contributed by atoms with E-state index in [-0.39, 0.29) is 59.3 Å². The fraction of sp³-hybridized carbons (Fsp3) is 0.274. The highest BCUT2D eigenvalue weighted by atomic mass is 35.5. The van der Waals surface area contributed by atoms with Gasteiger partial charge < -0.3 is 31.9 Å². The van der Waals surface area contributed by atoms with Gasteiger partial charge >= 0.3 is 0 Å². The molecule has 3 fully saturated rings. The van der Waals surface area contributed by atoms with E-state index in [4.69, 9.17) is 44.1 Å². The summed E-state index contributed by atoms with van der Waals surface area (Å²) in [6, 6.07) is 35.8. The van der Waals surface area contributed by atoms with Crippen LogP contribution in [-0.2, 0) is 28.9 Å². The average molecular weight is 1530 g/mol. The molecule has 6 aromatic carbocycles. The van der Waals surface area contributed by atoms with Crippen molar-refractivity contribution in [2.75, 3.05) is 56.5 Å². The molecule has 3 aliphatic heterocycles. The van der Waals surface area contributed by atoms with Crippen molar-refractivity contribution in [2.24, 2.45) is 0 Å². The number of benzene rings is 6. The summed E-state index contributed by atoms with van der Waals surface area (Å²) in [5, 5.41) is 26.5. The van der Waals surface area contributed by atoms with Crippen LogP contribution in [-0.4, -0.2) is 142 Å². The zero-order valence-corrected chi connectivity index (χ0v) is 62.6. The summed E-state index contributed by atoms with van der Waals surface area (Å²) in [6.07, 6.45) is 16.7. The Labute approximate surface area is 648 Å². The Morgan fingerprint density at radius 1 is 0.500 bits per heavy atom. The number of ketones is 3. The van der Waals surface area contributed by atoms with Crippen molar-refractivity contribution in [2.45, 2.75) is 109 Å². The number of fused-ring (bicyclic) bond motifs is 3. The molecule has 3 saturated heterocycles. The molecule has 6 N–H and O–H groups in total. The average Bonchev–Trinajstić information content (AvgIpc) is 1.61. The third-order valence-electron chi connectivity index (χ3n) is 20.7. The van der Waals surface area contributed by atoms with Gasteiger partial charge in [-0.3, -0.25) is 24.0 Å². The smallest absolute Gasteiger partial charge is 0.246 e. The van der Waals surface area contributed by atoms with E-state index in [0.29, 0.717) is 154 Å². The van der Waals surface area contributed by atoms with Crippen molar-refractivity contribution in [3.63, 3.8) is 0 Å². The number of hydrogen-bond acceptors (Lipinski definition) is 19. The van der Waals surface area contributed by atoms with Crippen molar-refractivity contribution in [3.05, 3.63) is 239 Å². The van der Waals surface area contributed by atoms with Crippen molar-refractivity contribution in [3.8, 4) is 40.0 Å². The molecule has 0 spiro atoms. The van der Waals surface area contributed by atoms with E-state index in [1.54, 1.807) is 33.8 Å². The number of piperidine rings is 3. The quantitative estimate of drug-likeness (QED) is 0.0362.